The molecule has 2 amide bonds. The highest BCUT2D eigenvalue weighted by molar-refractivity contribution is 5.97. The third kappa shape index (κ3) is 5.57. The molecule has 1 unspecified atom stereocenters. The van der Waals surface area contributed by atoms with Gasteiger partial charge in [-0.15, -0.1) is 6.42 Å². The molecule has 0 saturated carbocycles. The highest BCUT2D eigenvalue weighted by Gasteiger charge is 2.22. The van der Waals surface area contributed by atoms with E-state index in [0.717, 1.165) is 6.42 Å². The van der Waals surface area contributed by atoms with Gasteiger partial charge in [-0.3, -0.25) is 9.59 Å². The minimum absolute atomic E-state index is 0.113. The van der Waals surface area contributed by atoms with E-state index in [1.54, 1.807) is 0 Å². The Bertz CT molecular complexity index is 549. The fraction of sp³-hybridized carbons (Fsp3) is 0.412. The molecule has 1 rings (SSSR count). The molecule has 0 heterocycles. The predicted molar refractivity (Wildman–Crippen MR) is 83.6 cm³/mol. The van der Waals surface area contributed by atoms with Crippen LogP contribution in [0, 0.1) is 24.1 Å². The molecule has 0 bridgehead atoms. The Balaban J connectivity index is 2.78. The fourth-order valence-electron chi connectivity index (χ4n) is 1.90. The molecular weight excluding hydrogens is 283 g/mol. The molecule has 0 aliphatic heterocycles. The van der Waals surface area contributed by atoms with Gasteiger partial charge in [0.25, 0.3) is 5.91 Å². The van der Waals surface area contributed by atoms with Crippen LogP contribution in [0.4, 0.5) is 4.39 Å². The summed E-state index contributed by atoms with van der Waals surface area (Å²) in [4.78, 5) is 24.3. The minimum Gasteiger partial charge on any atom is -0.343 e. The van der Waals surface area contributed by atoms with Crippen LogP contribution in [-0.4, -0.2) is 24.4 Å². The SMILES string of the molecule is C#CCNC(=O)[C@H](CC(C)CC)NC(=O)c1ccc(F)cc1. The van der Waals surface area contributed by atoms with Crippen molar-refractivity contribution in [2.24, 2.45) is 5.92 Å². The molecule has 0 radical (unpaired) electrons. The molecule has 4 nitrogen and oxygen atoms in total. The topological polar surface area (TPSA) is 58.2 Å². The summed E-state index contributed by atoms with van der Waals surface area (Å²) in [5.41, 5.74) is 0.306. The zero-order valence-corrected chi connectivity index (χ0v) is 12.9. The van der Waals surface area contributed by atoms with Gasteiger partial charge in [0.15, 0.2) is 0 Å². The summed E-state index contributed by atoms with van der Waals surface area (Å²) in [7, 11) is 0. The lowest BCUT2D eigenvalue weighted by Crippen LogP contribution is -2.47. The number of carbonyl (C=O) groups excluding carboxylic acids is 2. The van der Waals surface area contributed by atoms with E-state index in [0.29, 0.717) is 12.0 Å². The highest BCUT2D eigenvalue weighted by Crippen LogP contribution is 2.11. The van der Waals surface area contributed by atoms with Gasteiger partial charge in [-0.05, 0) is 36.6 Å². The lowest BCUT2D eigenvalue weighted by molar-refractivity contribution is -0.123. The van der Waals surface area contributed by atoms with Gasteiger partial charge in [0, 0.05) is 5.56 Å². The smallest absolute Gasteiger partial charge is 0.251 e. The second-order valence-electron chi connectivity index (χ2n) is 5.20. The van der Waals surface area contributed by atoms with Crippen LogP contribution in [0.25, 0.3) is 0 Å². The number of hydrogen-bond donors (Lipinski definition) is 2. The Hall–Kier alpha value is -2.35. The first-order valence-electron chi connectivity index (χ1n) is 7.25. The Morgan fingerprint density at radius 3 is 2.50 bits per heavy atom. The lowest BCUT2D eigenvalue weighted by atomic mass is 9.98. The number of amides is 2. The van der Waals surface area contributed by atoms with Gasteiger partial charge in [-0.2, -0.15) is 0 Å². The first kappa shape index (κ1) is 17.7. The molecule has 22 heavy (non-hydrogen) atoms. The van der Waals surface area contributed by atoms with Gasteiger partial charge in [0.2, 0.25) is 5.91 Å². The lowest BCUT2D eigenvalue weighted by Gasteiger charge is -2.20. The molecule has 2 atom stereocenters. The summed E-state index contributed by atoms with van der Waals surface area (Å²) in [5, 5.41) is 5.26. The van der Waals surface area contributed by atoms with Crippen molar-refractivity contribution in [3.8, 4) is 12.3 Å². The predicted octanol–water partition coefficient (Wildman–Crippen LogP) is 2.11. The molecule has 2 N–H and O–H groups in total. The van der Waals surface area contributed by atoms with Gasteiger partial charge in [0.1, 0.15) is 11.9 Å². The third-order valence-corrected chi connectivity index (χ3v) is 3.43. The molecule has 0 aliphatic rings. The van der Waals surface area contributed by atoms with Crippen molar-refractivity contribution in [1.29, 1.82) is 0 Å². The van der Waals surface area contributed by atoms with E-state index in [2.05, 4.69) is 16.6 Å². The number of hydrogen-bond acceptors (Lipinski definition) is 2. The quantitative estimate of drug-likeness (QED) is 0.758. The number of terminal acetylenes is 1. The van der Waals surface area contributed by atoms with Crippen LogP contribution >= 0.6 is 0 Å². The zero-order chi connectivity index (χ0) is 16.5. The van der Waals surface area contributed by atoms with E-state index in [1.807, 2.05) is 13.8 Å². The monoisotopic (exact) mass is 304 g/mol. The molecular formula is C17H21FN2O2. The standard InChI is InChI=1S/C17H21FN2O2/c1-4-10-19-17(22)15(11-12(3)5-2)20-16(21)13-6-8-14(18)9-7-13/h1,6-9,12,15H,5,10-11H2,2-3H3,(H,19,22)(H,20,21)/t12?,15-/m0/s1. The number of nitrogens with one attached hydrogen (secondary N) is 2. The molecule has 0 saturated heterocycles. The Kier molecular flexibility index (Phi) is 7.11. The molecule has 118 valence electrons. The minimum atomic E-state index is -0.666. The van der Waals surface area contributed by atoms with Crippen molar-refractivity contribution in [2.75, 3.05) is 6.54 Å². The number of halogens is 1. The molecule has 0 spiro atoms. The Morgan fingerprint density at radius 2 is 1.95 bits per heavy atom. The van der Waals surface area contributed by atoms with Crippen LogP contribution in [-0.2, 0) is 4.79 Å². The average Bonchev–Trinajstić information content (AvgIpc) is 2.52. The molecule has 0 fully saturated rings. The Labute approximate surface area is 130 Å². The van der Waals surface area contributed by atoms with Crippen molar-refractivity contribution >= 4 is 11.8 Å². The largest absolute Gasteiger partial charge is 0.343 e. The molecule has 5 heteroatoms. The van der Waals surface area contributed by atoms with E-state index in [1.165, 1.54) is 24.3 Å². The van der Waals surface area contributed by atoms with Crippen LogP contribution in [0.3, 0.4) is 0 Å². The first-order chi connectivity index (χ1) is 10.5. The van der Waals surface area contributed by atoms with E-state index in [9.17, 15) is 14.0 Å². The molecule has 1 aromatic rings. The zero-order valence-electron chi connectivity index (χ0n) is 12.9. The molecule has 0 aromatic heterocycles. The average molecular weight is 304 g/mol. The van der Waals surface area contributed by atoms with Gasteiger partial charge >= 0.3 is 0 Å². The van der Waals surface area contributed by atoms with Crippen molar-refractivity contribution in [1.82, 2.24) is 10.6 Å². The fourth-order valence-corrected chi connectivity index (χ4v) is 1.90. The van der Waals surface area contributed by atoms with Crippen molar-refractivity contribution in [3.05, 3.63) is 35.6 Å². The molecule has 1 aromatic carbocycles. The summed E-state index contributed by atoms with van der Waals surface area (Å²) in [6.45, 7) is 4.14. The van der Waals surface area contributed by atoms with Crippen LogP contribution in [0.1, 0.15) is 37.0 Å². The van der Waals surface area contributed by atoms with Gasteiger partial charge < -0.3 is 10.6 Å². The van der Waals surface area contributed by atoms with Gasteiger partial charge in [-0.1, -0.05) is 26.2 Å². The van der Waals surface area contributed by atoms with E-state index >= 15 is 0 Å². The van der Waals surface area contributed by atoms with Crippen LogP contribution in [0.15, 0.2) is 24.3 Å². The number of carbonyl (C=O) groups is 2. The number of benzene rings is 1. The van der Waals surface area contributed by atoms with Crippen LogP contribution < -0.4 is 10.6 Å². The second-order valence-corrected chi connectivity index (χ2v) is 5.20. The van der Waals surface area contributed by atoms with Crippen LogP contribution in [0.5, 0.6) is 0 Å². The first-order valence-corrected chi connectivity index (χ1v) is 7.25. The van der Waals surface area contributed by atoms with Crippen molar-refractivity contribution in [2.45, 2.75) is 32.7 Å². The maximum Gasteiger partial charge on any atom is 0.251 e. The summed E-state index contributed by atoms with van der Waals surface area (Å²) in [6.07, 6.45) is 6.53. The van der Waals surface area contributed by atoms with E-state index < -0.39 is 17.8 Å². The normalized spacial score (nSPS) is 12.8. The molecule has 0 aliphatic carbocycles. The summed E-state index contributed by atoms with van der Waals surface area (Å²) < 4.78 is 12.9. The van der Waals surface area contributed by atoms with E-state index in [-0.39, 0.29) is 18.4 Å². The third-order valence-electron chi connectivity index (χ3n) is 3.43. The summed E-state index contributed by atoms with van der Waals surface area (Å²) in [5.74, 6) is 1.46. The van der Waals surface area contributed by atoms with Crippen molar-refractivity contribution in [3.63, 3.8) is 0 Å². The number of rotatable bonds is 7. The second kappa shape index (κ2) is 8.83. The Morgan fingerprint density at radius 1 is 1.32 bits per heavy atom. The summed E-state index contributed by atoms with van der Waals surface area (Å²) in [6, 6.07) is 4.50. The van der Waals surface area contributed by atoms with E-state index in [4.69, 9.17) is 6.42 Å². The maximum atomic E-state index is 12.9. The van der Waals surface area contributed by atoms with Crippen molar-refractivity contribution < 1.29 is 14.0 Å². The van der Waals surface area contributed by atoms with Gasteiger partial charge in [-0.25, -0.2) is 4.39 Å². The van der Waals surface area contributed by atoms with Crippen LogP contribution in [0.2, 0.25) is 0 Å². The maximum absolute atomic E-state index is 12.9. The highest BCUT2D eigenvalue weighted by atomic mass is 19.1. The van der Waals surface area contributed by atoms with Gasteiger partial charge in [0.05, 0.1) is 6.54 Å². The summed E-state index contributed by atoms with van der Waals surface area (Å²) >= 11 is 0.